The number of benzene rings is 1. The molecule has 0 bridgehead atoms. The van der Waals surface area contributed by atoms with Crippen LogP contribution in [0.1, 0.15) is 35.1 Å². The Hall–Kier alpha value is -3.61. The van der Waals surface area contributed by atoms with E-state index in [1.54, 1.807) is 12.4 Å². The molecule has 7 nitrogen and oxygen atoms in total. The van der Waals surface area contributed by atoms with E-state index < -0.39 is 0 Å². The highest BCUT2D eigenvalue weighted by atomic mass is 15.2. The van der Waals surface area contributed by atoms with Gasteiger partial charge in [-0.15, -0.1) is 0 Å². The summed E-state index contributed by atoms with van der Waals surface area (Å²) < 4.78 is 0. The molecule has 7 heteroatoms. The lowest BCUT2D eigenvalue weighted by Gasteiger charge is -2.20. The molecular formula is C21H19N7. The Morgan fingerprint density at radius 3 is 2.71 bits per heavy atom. The largest absolute Gasteiger partial charge is 0.356 e. The second-order valence-corrected chi connectivity index (χ2v) is 6.78. The molecule has 3 heterocycles. The van der Waals surface area contributed by atoms with Crippen LogP contribution in [0, 0.1) is 0 Å². The number of hydrogen-bond donors (Lipinski definition) is 2. The average molecular weight is 369 g/mol. The van der Waals surface area contributed by atoms with Crippen LogP contribution >= 0.6 is 0 Å². The van der Waals surface area contributed by atoms with Gasteiger partial charge in [0, 0.05) is 29.2 Å². The van der Waals surface area contributed by atoms with Gasteiger partial charge in [0.2, 0.25) is 0 Å². The second-order valence-electron chi connectivity index (χ2n) is 6.78. The van der Waals surface area contributed by atoms with E-state index in [9.17, 15) is 0 Å². The molecule has 28 heavy (non-hydrogen) atoms. The van der Waals surface area contributed by atoms with Gasteiger partial charge in [0.1, 0.15) is 18.2 Å². The summed E-state index contributed by atoms with van der Waals surface area (Å²) in [6.07, 6.45) is 8.11. The van der Waals surface area contributed by atoms with Gasteiger partial charge in [0.05, 0.1) is 0 Å². The van der Waals surface area contributed by atoms with Crippen molar-refractivity contribution in [3.05, 3.63) is 83.8 Å². The molecule has 0 saturated carbocycles. The Balaban J connectivity index is 1.59. The predicted molar refractivity (Wildman–Crippen MR) is 106 cm³/mol. The summed E-state index contributed by atoms with van der Waals surface area (Å²) in [5, 5.41) is 10.6. The number of aromatic amines is 1. The van der Waals surface area contributed by atoms with E-state index in [0.29, 0.717) is 5.82 Å². The lowest BCUT2D eigenvalue weighted by molar-refractivity contribution is 0.825. The third-order valence-corrected chi connectivity index (χ3v) is 4.97. The van der Waals surface area contributed by atoms with Gasteiger partial charge in [-0.25, -0.2) is 15.0 Å². The quantitative estimate of drug-likeness (QED) is 0.560. The summed E-state index contributed by atoms with van der Waals surface area (Å²) in [6, 6.07) is 13.9. The van der Waals surface area contributed by atoms with E-state index in [4.69, 9.17) is 9.97 Å². The van der Waals surface area contributed by atoms with E-state index in [1.165, 1.54) is 11.9 Å². The first-order chi connectivity index (χ1) is 13.9. The molecule has 0 amide bonds. The van der Waals surface area contributed by atoms with Gasteiger partial charge in [-0.1, -0.05) is 30.3 Å². The monoisotopic (exact) mass is 369 g/mol. The molecule has 3 aromatic heterocycles. The number of pyridine rings is 1. The number of nitrogens with one attached hydrogen (secondary N) is 2. The molecule has 1 atom stereocenters. The molecule has 138 valence electrons. The Labute approximate surface area is 162 Å². The van der Waals surface area contributed by atoms with Gasteiger partial charge in [0.25, 0.3) is 0 Å². The van der Waals surface area contributed by atoms with Crippen molar-refractivity contribution in [2.45, 2.75) is 25.3 Å². The topological polar surface area (TPSA) is 92.3 Å². The van der Waals surface area contributed by atoms with Crippen molar-refractivity contribution in [1.82, 2.24) is 30.1 Å². The van der Waals surface area contributed by atoms with Crippen molar-refractivity contribution in [1.29, 1.82) is 0 Å². The normalized spacial score (nSPS) is 13.9. The lowest BCUT2D eigenvalue weighted by atomic mass is 10.1. The van der Waals surface area contributed by atoms with Crippen molar-refractivity contribution in [3.63, 3.8) is 0 Å². The van der Waals surface area contributed by atoms with Crippen LogP contribution in [0.5, 0.6) is 0 Å². The summed E-state index contributed by atoms with van der Waals surface area (Å²) in [7, 11) is 0. The second kappa shape index (κ2) is 7.19. The van der Waals surface area contributed by atoms with Crippen LogP contribution in [0.3, 0.4) is 0 Å². The van der Waals surface area contributed by atoms with Gasteiger partial charge < -0.3 is 5.32 Å². The summed E-state index contributed by atoms with van der Waals surface area (Å²) in [4.78, 5) is 18.3. The van der Waals surface area contributed by atoms with Crippen molar-refractivity contribution in [3.8, 4) is 11.4 Å². The first kappa shape index (κ1) is 16.6. The number of nitrogens with zero attached hydrogens (tertiary/aromatic N) is 5. The number of rotatable bonds is 5. The highest BCUT2D eigenvalue weighted by Crippen LogP contribution is 2.32. The van der Waals surface area contributed by atoms with Crippen molar-refractivity contribution in [2.75, 3.05) is 5.32 Å². The van der Waals surface area contributed by atoms with Gasteiger partial charge in [-0.05, 0) is 37.0 Å². The highest BCUT2D eigenvalue weighted by molar-refractivity contribution is 5.60. The molecule has 0 radical (unpaired) electrons. The van der Waals surface area contributed by atoms with Gasteiger partial charge in [-0.2, -0.15) is 5.10 Å². The molecule has 0 aliphatic heterocycles. The van der Waals surface area contributed by atoms with Crippen molar-refractivity contribution >= 4 is 5.82 Å². The SMILES string of the molecule is c1ccc(C(Nc2nc(-c3cccnc3)nc3c2CCC3)c2ncn[nH]2)cc1. The van der Waals surface area contributed by atoms with E-state index in [0.717, 1.165) is 47.7 Å². The summed E-state index contributed by atoms with van der Waals surface area (Å²) in [6.45, 7) is 0. The first-order valence-corrected chi connectivity index (χ1v) is 9.35. The maximum absolute atomic E-state index is 4.87. The fourth-order valence-corrected chi connectivity index (χ4v) is 3.62. The zero-order valence-electron chi connectivity index (χ0n) is 15.2. The number of hydrogen-bond acceptors (Lipinski definition) is 6. The smallest absolute Gasteiger partial charge is 0.163 e. The minimum absolute atomic E-state index is 0.176. The Bertz CT molecular complexity index is 1060. The van der Waals surface area contributed by atoms with Crippen LogP contribution in [0.4, 0.5) is 5.82 Å². The van der Waals surface area contributed by atoms with Crippen molar-refractivity contribution in [2.24, 2.45) is 0 Å². The Kier molecular flexibility index (Phi) is 4.25. The molecule has 1 aromatic carbocycles. The maximum atomic E-state index is 4.87. The minimum atomic E-state index is -0.176. The third kappa shape index (κ3) is 3.11. The molecule has 0 spiro atoms. The van der Waals surface area contributed by atoms with Gasteiger partial charge >= 0.3 is 0 Å². The van der Waals surface area contributed by atoms with E-state index in [2.05, 4.69) is 37.6 Å². The number of aromatic nitrogens is 6. The first-order valence-electron chi connectivity index (χ1n) is 9.35. The van der Waals surface area contributed by atoms with Crippen LogP contribution in [0.15, 0.2) is 61.2 Å². The van der Waals surface area contributed by atoms with E-state index >= 15 is 0 Å². The Morgan fingerprint density at radius 2 is 1.93 bits per heavy atom. The number of H-pyrrole nitrogens is 1. The van der Waals surface area contributed by atoms with Crippen LogP contribution in [-0.4, -0.2) is 30.1 Å². The zero-order valence-corrected chi connectivity index (χ0v) is 15.2. The number of aryl methyl sites for hydroxylation is 1. The molecular weight excluding hydrogens is 350 g/mol. The van der Waals surface area contributed by atoms with E-state index in [1.807, 2.05) is 30.3 Å². The lowest BCUT2D eigenvalue weighted by Crippen LogP contribution is -2.17. The van der Waals surface area contributed by atoms with Crippen LogP contribution in [0.25, 0.3) is 11.4 Å². The predicted octanol–water partition coefficient (Wildman–Crippen LogP) is 3.35. The third-order valence-electron chi connectivity index (χ3n) is 4.97. The summed E-state index contributed by atoms with van der Waals surface area (Å²) >= 11 is 0. The molecule has 1 aliphatic rings. The highest BCUT2D eigenvalue weighted by Gasteiger charge is 2.24. The maximum Gasteiger partial charge on any atom is 0.163 e. The van der Waals surface area contributed by atoms with Crippen LogP contribution in [-0.2, 0) is 12.8 Å². The van der Waals surface area contributed by atoms with Crippen LogP contribution < -0.4 is 5.32 Å². The van der Waals surface area contributed by atoms with Gasteiger partial charge in [-0.3, -0.25) is 10.1 Å². The number of fused-ring (bicyclic) bond motifs is 1. The van der Waals surface area contributed by atoms with Crippen LogP contribution in [0.2, 0.25) is 0 Å². The summed E-state index contributed by atoms with van der Waals surface area (Å²) in [5.74, 6) is 2.30. The fraction of sp³-hybridized carbons (Fsp3) is 0.190. The van der Waals surface area contributed by atoms with E-state index in [-0.39, 0.29) is 6.04 Å². The standard InChI is InChI=1S/C21H19N7/c1-2-6-14(7-3-1)18(21-23-13-24-28-21)26-20-16-9-4-10-17(16)25-19(27-20)15-8-5-11-22-12-15/h1-3,5-8,11-13,18H,4,9-10H2,(H,23,24,28)(H,25,26,27). The molecule has 5 rings (SSSR count). The molecule has 1 aliphatic carbocycles. The molecule has 0 saturated heterocycles. The molecule has 1 unspecified atom stereocenters. The zero-order chi connectivity index (χ0) is 18.8. The molecule has 4 aromatic rings. The average Bonchev–Trinajstić information content (AvgIpc) is 3.45. The van der Waals surface area contributed by atoms with Crippen molar-refractivity contribution < 1.29 is 0 Å². The fourth-order valence-electron chi connectivity index (χ4n) is 3.62. The molecule has 2 N–H and O–H groups in total. The van der Waals surface area contributed by atoms with Gasteiger partial charge in [0.15, 0.2) is 11.6 Å². The summed E-state index contributed by atoms with van der Waals surface area (Å²) in [5.41, 5.74) is 4.30. The molecule has 0 fully saturated rings. The minimum Gasteiger partial charge on any atom is -0.356 e. The Morgan fingerprint density at radius 1 is 1.00 bits per heavy atom. The number of anilines is 1.